The minimum atomic E-state index is -0.106. The molecule has 120 valence electrons. The molecule has 2 aliphatic heterocycles. The monoisotopic (exact) mass is 304 g/mol. The zero-order valence-corrected chi connectivity index (χ0v) is 17.2. The Morgan fingerprint density at radius 1 is 0.714 bits per heavy atom. The van der Waals surface area contributed by atoms with Gasteiger partial charge in [0, 0.05) is 11.1 Å². The summed E-state index contributed by atoms with van der Waals surface area (Å²) in [7, 11) is 4.79. The average Bonchev–Trinajstić information content (AvgIpc) is 2.41. The maximum atomic E-state index is 2.74. The molecule has 4 atom stereocenters. The Kier molecular flexibility index (Phi) is 5.41. The van der Waals surface area contributed by atoms with Crippen LogP contribution in [-0.2, 0) is 0 Å². The first-order chi connectivity index (χ1) is 9.58. The minimum Gasteiger partial charge on any atom is -0.323 e. The van der Waals surface area contributed by atoms with E-state index in [1.54, 1.807) is 0 Å². The van der Waals surface area contributed by atoms with Gasteiger partial charge in [0.2, 0.25) is 0 Å². The largest absolute Gasteiger partial charge is 0.417 e. The molecular weight excluding hydrogens is 269 g/mol. The van der Waals surface area contributed by atoms with Crippen molar-refractivity contribution < 1.29 is 0 Å². The molecule has 2 aliphatic rings. The van der Waals surface area contributed by atoms with E-state index in [2.05, 4.69) is 65.4 Å². The minimum absolute atomic E-state index is 0.106. The first kappa shape index (κ1) is 18.0. The highest BCUT2D eigenvalue weighted by molar-refractivity contribution is 6.40. The number of hydrogen-bond donors (Lipinski definition) is 0. The van der Waals surface area contributed by atoms with Crippen LogP contribution in [0.15, 0.2) is 0 Å². The SMILES string of the molecule is CC1CC[CH]([Mg][CH]2CCC(C)C(C)(C)N2C)N(C)C1(C)C. The second kappa shape index (κ2) is 6.30. The van der Waals surface area contributed by atoms with Crippen molar-refractivity contribution in [3.63, 3.8) is 0 Å². The van der Waals surface area contributed by atoms with E-state index < -0.39 is 0 Å². The van der Waals surface area contributed by atoms with E-state index in [9.17, 15) is 0 Å². The van der Waals surface area contributed by atoms with Crippen molar-refractivity contribution in [2.75, 3.05) is 14.1 Å². The van der Waals surface area contributed by atoms with Crippen molar-refractivity contribution in [2.45, 2.75) is 86.6 Å². The van der Waals surface area contributed by atoms with E-state index in [4.69, 9.17) is 0 Å². The predicted molar refractivity (Wildman–Crippen MR) is 93.8 cm³/mol. The number of likely N-dealkylation sites (tertiary alicyclic amines) is 2. The zero-order valence-electron chi connectivity index (χ0n) is 15.7. The topological polar surface area (TPSA) is 6.48 Å². The molecule has 0 spiro atoms. The molecule has 2 nitrogen and oxygen atoms in total. The number of piperidine rings is 2. The lowest BCUT2D eigenvalue weighted by atomic mass is 9.80. The molecule has 0 radical (unpaired) electrons. The van der Waals surface area contributed by atoms with Crippen LogP contribution in [0.2, 0.25) is 0 Å². The number of nitrogens with zero attached hydrogens (tertiary/aromatic N) is 2. The summed E-state index contributed by atoms with van der Waals surface area (Å²) in [6.07, 6.45) is 5.72. The fourth-order valence-electron chi connectivity index (χ4n) is 4.48. The van der Waals surface area contributed by atoms with Crippen LogP contribution in [0.5, 0.6) is 0 Å². The van der Waals surface area contributed by atoms with Gasteiger partial charge >= 0.3 is 20.4 Å². The Hall–Kier alpha value is 0.686. The summed E-state index contributed by atoms with van der Waals surface area (Å²) < 4.78 is 1.79. The summed E-state index contributed by atoms with van der Waals surface area (Å²) >= 11 is -0.106. The van der Waals surface area contributed by atoms with Gasteiger partial charge in [-0.25, -0.2) is 0 Å². The summed E-state index contributed by atoms with van der Waals surface area (Å²) in [6.45, 7) is 14.7. The second-order valence-corrected chi connectivity index (χ2v) is 11.4. The highest BCUT2D eigenvalue weighted by atomic mass is 24.5. The van der Waals surface area contributed by atoms with Gasteiger partial charge in [0.15, 0.2) is 0 Å². The Balaban J connectivity index is 2.05. The lowest BCUT2D eigenvalue weighted by Crippen LogP contribution is -2.63. The third-order valence-corrected chi connectivity index (χ3v) is 10.7. The smallest absolute Gasteiger partial charge is 0.323 e. The van der Waals surface area contributed by atoms with Crippen LogP contribution in [0.4, 0.5) is 0 Å². The van der Waals surface area contributed by atoms with E-state index in [0.717, 1.165) is 20.2 Å². The van der Waals surface area contributed by atoms with Gasteiger partial charge in [0.25, 0.3) is 0 Å². The zero-order chi connectivity index (χ0) is 16.0. The first-order valence-electron chi connectivity index (χ1n) is 9.04. The van der Waals surface area contributed by atoms with Gasteiger partial charge in [0.05, 0.1) is 0 Å². The van der Waals surface area contributed by atoms with Crippen molar-refractivity contribution in [3.05, 3.63) is 0 Å². The molecule has 21 heavy (non-hydrogen) atoms. The quantitative estimate of drug-likeness (QED) is 0.719. The molecule has 2 fully saturated rings. The molecule has 0 saturated carbocycles. The van der Waals surface area contributed by atoms with Gasteiger partial charge in [-0.15, -0.1) is 0 Å². The van der Waals surface area contributed by atoms with Crippen LogP contribution in [-0.4, -0.2) is 63.7 Å². The summed E-state index contributed by atoms with van der Waals surface area (Å²) in [4.78, 5) is 5.48. The summed E-state index contributed by atoms with van der Waals surface area (Å²) in [5.41, 5.74) is 0.762. The molecule has 0 aliphatic carbocycles. The van der Waals surface area contributed by atoms with Crippen molar-refractivity contribution >= 4 is 20.4 Å². The maximum Gasteiger partial charge on any atom is 0.417 e. The summed E-state index contributed by atoms with van der Waals surface area (Å²) in [5.74, 6) is 1.65. The molecule has 2 heterocycles. The number of rotatable bonds is 2. The highest BCUT2D eigenvalue weighted by Crippen LogP contribution is 2.38. The van der Waals surface area contributed by atoms with Crippen LogP contribution < -0.4 is 0 Å². The molecule has 0 amide bonds. The van der Waals surface area contributed by atoms with Crippen LogP contribution in [0.3, 0.4) is 0 Å². The molecule has 0 aromatic rings. The van der Waals surface area contributed by atoms with E-state index >= 15 is 0 Å². The second-order valence-electron chi connectivity index (χ2n) is 9.03. The van der Waals surface area contributed by atoms with Crippen LogP contribution in [0, 0.1) is 11.8 Å². The molecule has 0 N–H and O–H groups in total. The standard InChI is InChI=1S/2C9H18N.Mg/c2*1-8-6-5-7-10(4)9(8,2)3;/h2*7-8H,5-6H2,1-4H3;. The van der Waals surface area contributed by atoms with Gasteiger partial charge in [-0.05, 0) is 66.5 Å². The molecule has 2 rings (SSSR count). The molecule has 4 unspecified atom stereocenters. The Labute approximate surface area is 142 Å². The first-order valence-corrected chi connectivity index (χ1v) is 10.7. The van der Waals surface area contributed by atoms with E-state index in [1.165, 1.54) is 25.7 Å². The van der Waals surface area contributed by atoms with E-state index in [0.29, 0.717) is 11.1 Å². The van der Waals surface area contributed by atoms with Crippen molar-refractivity contribution in [3.8, 4) is 0 Å². The van der Waals surface area contributed by atoms with Crippen LogP contribution in [0.25, 0.3) is 0 Å². The Morgan fingerprint density at radius 3 is 1.38 bits per heavy atom. The molecule has 0 aromatic carbocycles. The van der Waals surface area contributed by atoms with E-state index in [-0.39, 0.29) is 20.4 Å². The van der Waals surface area contributed by atoms with Gasteiger partial charge in [-0.3, -0.25) is 0 Å². The van der Waals surface area contributed by atoms with Gasteiger partial charge in [-0.2, -0.15) is 0 Å². The normalized spacial score (nSPS) is 40.8. The summed E-state index contributed by atoms with van der Waals surface area (Å²) in [5, 5.41) is 0. The van der Waals surface area contributed by atoms with Gasteiger partial charge in [0.1, 0.15) is 0 Å². The molecular formula is C18H36MgN2. The van der Waals surface area contributed by atoms with Crippen molar-refractivity contribution in [2.24, 2.45) is 11.8 Å². The van der Waals surface area contributed by atoms with Crippen molar-refractivity contribution in [1.29, 1.82) is 0 Å². The lowest BCUT2D eigenvalue weighted by Gasteiger charge is -2.54. The average molecular weight is 305 g/mol. The molecule has 3 heteroatoms. The number of hydrogen-bond acceptors (Lipinski definition) is 2. The third kappa shape index (κ3) is 3.31. The maximum absolute atomic E-state index is 2.74. The third-order valence-electron chi connectivity index (χ3n) is 7.74. The highest BCUT2D eigenvalue weighted by Gasteiger charge is 2.44. The molecule has 0 aromatic heterocycles. The molecule has 2 saturated heterocycles. The van der Waals surface area contributed by atoms with Crippen molar-refractivity contribution in [1.82, 2.24) is 9.80 Å². The fourth-order valence-corrected chi connectivity index (χ4v) is 7.63. The van der Waals surface area contributed by atoms with Crippen LogP contribution in [0.1, 0.15) is 67.2 Å². The Morgan fingerprint density at radius 2 is 1.05 bits per heavy atom. The summed E-state index contributed by atoms with van der Waals surface area (Å²) in [6, 6.07) is 0. The predicted octanol–water partition coefficient (Wildman–Crippen LogP) is 3.62. The Bertz CT molecular complexity index is 332. The van der Waals surface area contributed by atoms with E-state index in [1.807, 2.05) is 0 Å². The van der Waals surface area contributed by atoms with Gasteiger partial charge < -0.3 is 9.80 Å². The van der Waals surface area contributed by atoms with Crippen LogP contribution >= 0.6 is 0 Å². The fraction of sp³-hybridized carbons (Fsp3) is 1.00. The molecule has 0 bridgehead atoms. The van der Waals surface area contributed by atoms with Gasteiger partial charge in [-0.1, -0.05) is 35.0 Å². The lowest BCUT2D eigenvalue weighted by molar-refractivity contribution is 0.0205.